The third kappa shape index (κ3) is 3.46. The Hall–Kier alpha value is -2.18. The van der Waals surface area contributed by atoms with Gasteiger partial charge in [-0.25, -0.2) is 4.39 Å². The van der Waals surface area contributed by atoms with Crippen molar-refractivity contribution in [2.45, 2.75) is 57.2 Å². The quantitative estimate of drug-likeness (QED) is 0.504. The molecule has 3 heterocycles. The first-order valence-electron chi connectivity index (χ1n) is 10.8. The van der Waals surface area contributed by atoms with Crippen LogP contribution in [0.15, 0.2) is 28.7 Å². The fourth-order valence-corrected chi connectivity index (χ4v) is 4.63. The Balaban J connectivity index is 1.47. The average Bonchev–Trinajstić information content (AvgIpc) is 3.40. The van der Waals surface area contributed by atoms with E-state index in [-0.39, 0.29) is 35.0 Å². The third-order valence-corrected chi connectivity index (χ3v) is 6.29. The summed E-state index contributed by atoms with van der Waals surface area (Å²) in [5.74, 6) is -0.917. The van der Waals surface area contributed by atoms with E-state index in [0.29, 0.717) is 36.2 Å². The van der Waals surface area contributed by atoms with Crippen LogP contribution in [0.4, 0.5) is 8.78 Å². The van der Waals surface area contributed by atoms with Crippen LogP contribution in [-0.4, -0.2) is 32.0 Å². The van der Waals surface area contributed by atoms with E-state index in [0.717, 1.165) is 32.1 Å². The maximum atomic E-state index is 15.4. The first kappa shape index (κ1) is 19.8. The standard InChI is InChI=1S/C24H26F2O4/c1-2-3-15-5-4-14(12-28-15)17-6-7-18-19-8-9-20(29-16-10-11-27-13-16)22(26)24(19)30-23(18)21(17)25/h6-9,14-16H,2-5,10-13H2,1H3. The molecule has 2 saturated heterocycles. The smallest absolute Gasteiger partial charge is 0.208 e. The summed E-state index contributed by atoms with van der Waals surface area (Å²) in [6.07, 6.45) is 4.74. The number of halogens is 2. The summed E-state index contributed by atoms with van der Waals surface area (Å²) in [7, 11) is 0. The second-order valence-electron chi connectivity index (χ2n) is 8.32. The van der Waals surface area contributed by atoms with E-state index in [2.05, 4.69) is 6.92 Å². The van der Waals surface area contributed by atoms with Gasteiger partial charge in [-0.2, -0.15) is 4.39 Å². The zero-order valence-electron chi connectivity index (χ0n) is 17.1. The molecule has 0 saturated carbocycles. The predicted molar refractivity (Wildman–Crippen MR) is 110 cm³/mol. The number of hydrogen-bond acceptors (Lipinski definition) is 4. The van der Waals surface area contributed by atoms with E-state index >= 15 is 8.78 Å². The van der Waals surface area contributed by atoms with E-state index in [9.17, 15) is 0 Å². The number of ether oxygens (including phenoxy) is 3. The predicted octanol–water partition coefficient (Wildman–Crippen LogP) is 6.09. The number of hydrogen-bond donors (Lipinski definition) is 0. The Kier molecular flexibility index (Phi) is 5.37. The lowest BCUT2D eigenvalue weighted by molar-refractivity contribution is -0.00169. The van der Waals surface area contributed by atoms with Crippen molar-refractivity contribution in [3.05, 3.63) is 41.5 Å². The van der Waals surface area contributed by atoms with Gasteiger partial charge in [0, 0.05) is 23.1 Å². The zero-order valence-corrected chi connectivity index (χ0v) is 17.1. The van der Waals surface area contributed by atoms with Gasteiger partial charge in [0.15, 0.2) is 22.7 Å². The highest BCUT2D eigenvalue weighted by Gasteiger charge is 2.28. The highest BCUT2D eigenvalue weighted by atomic mass is 19.1. The molecular weight excluding hydrogens is 390 g/mol. The van der Waals surface area contributed by atoms with Crippen LogP contribution in [0.1, 0.15) is 50.5 Å². The molecule has 30 heavy (non-hydrogen) atoms. The van der Waals surface area contributed by atoms with E-state index in [1.165, 1.54) is 0 Å². The molecule has 3 atom stereocenters. The molecule has 4 nitrogen and oxygen atoms in total. The van der Waals surface area contributed by atoms with Crippen molar-refractivity contribution in [1.82, 2.24) is 0 Å². The molecule has 5 rings (SSSR count). The molecule has 0 bridgehead atoms. The second-order valence-corrected chi connectivity index (χ2v) is 8.32. The molecule has 0 amide bonds. The molecule has 2 aliphatic heterocycles. The van der Waals surface area contributed by atoms with Crippen LogP contribution in [0.25, 0.3) is 21.9 Å². The first-order valence-corrected chi connectivity index (χ1v) is 10.8. The van der Waals surface area contributed by atoms with Gasteiger partial charge in [-0.05, 0) is 43.0 Å². The molecular formula is C24H26F2O4. The van der Waals surface area contributed by atoms with Crippen LogP contribution in [0, 0.1) is 11.6 Å². The molecule has 0 radical (unpaired) electrons. The molecule has 2 fully saturated rings. The lowest BCUT2D eigenvalue weighted by atomic mass is 9.89. The van der Waals surface area contributed by atoms with Gasteiger partial charge in [0.2, 0.25) is 5.82 Å². The summed E-state index contributed by atoms with van der Waals surface area (Å²) >= 11 is 0. The molecule has 0 aliphatic carbocycles. The van der Waals surface area contributed by atoms with Crippen LogP contribution in [0.3, 0.4) is 0 Å². The summed E-state index contributed by atoms with van der Waals surface area (Å²) in [5.41, 5.74) is 0.704. The molecule has 6 heteroatoms. The second kappa shape index (κ2) is 8.16. The van der Waals surface area contributed by atoms with Gasteiger partial charge in [0.1, 0.15) is 6.10 Å². The first-order chi connectivity index (χ1) is 14.7. The summed E-state index contributed by atoms with van der Waals surface area (Å²) < 4.78 is 53.1. The van der Waals surface area contributed by atoms with Crippen LogP contribution < -0.4 is 4.74 Å². The van der Waals surface area contributed by atoms with Crippen molar-refractivity contribution in [3.63, 3.8) is 0 Å². The third-order valence-electron chi connectivity index (χ3n) is 6.29. The molecule has 3 aromatic rings. The van der Waals surface area contributed by atoms with Crippen LogP contribution >= 0.6 is 0 Å². The lowest BCUT2D eigenvalue weighted by Crippen LogP contribution is -2.25. The number of benzene rings is 2. The Bertz CT molecular complexity index is 1050. The minimum Gasteiger partial charge on any atom is -0.485 e. The van der Waals surface area contributed by atoms with Crippen molar-refractivity contribution < 1.29 is 27.4 Å². The maximum absolute atomic E-state index is 15.4. The monoisotopic (exact) mass is 416 g/mol. The van der Waals surface area contributed by atoms with Gasteiger partial charge in [-0.3, -0.25) is 0 Å². The van der Waals surface area contributed by atoms with E-state index in [1.54, 1.807) is 18.2 Å². The summed E-state index contributed by atoms with van der Waals surface area (Å²) in [4.78, 5) is 0. The highest BCUT2D eigenvalue weighted by molar-refractivity contribution is 6.05. The Morgan fingerprint density at radius 3 is 2.47 bits per heavy atom. The Morgan fingerprint density at radius 1 is 0.967 bits per heavy atom. The Labute approximate surface area is 174 Å². The van der Waals surface area contributed by atoms with Gasteiger partial charge < -0.3 is 18.6 Å². The molecule has 160 valence electrons. The largest absolute Gasteiger partial charge is 0.485 e. The highest BCUT2D eigenvalue weighted by Crippen LogP contribution is 2.39. The average molecular weight is 416 g/mol. The summed E-state index contributed by atoms with van der Waals surface area (Å²) in [5, 5.41) is 1.12. The van der Waals surface area contributed by atoms with Crippen molar-refractivity contribution in [3.8, 4) is 5.75 Å². The van der Waals surface area contributed by atoms with Gasteiger partial charge >= 0.3 is 0 Å². The summed E-state index contributed by atoms with van der Waals surface area (Å²) in [6, 6.07) is 6.93. The van der Waals surface area contributed by atoms with Crippen molar-refractivity contribution in [2.75, 3.05) is 19.8 Å². The number of rotatable bonds is 5. The van der Waals surface area contributed by atoms with Crippen LogP contribution in [0.2, 0.25) is 0 Å². The Morgan fingerprint density at radius 2 is 1.77 bits per heavy atom. The van der Waals surface area contributed by atoms with E-state index in [4.69, 9.17) is 18.6 Å². The topological polar surface area (TPSA) is 40.8 Å². The SMILES string of the molecule is CCCC1CCC(c2ccc3c(oc4c(F)c(OC5CCOC5)ccc43)c2F)CO1. The molecule has 0 N–H and O–H groups in total. The zero-order chi connectivity index (χ0) is 20.7. The van der Waals surface area contributed by atoms with Gasteiger partial charge in [0.25, 0.3) is 0 Å². The molecule has 3 unspecified atom stereocenters. The van der Waals surface area contributed by atoms with Crippen LogP contribution in [0.5, 0.6) is 5.75 Å². The molecule has 2 aliphatic rings. The fraction of sp³-hybridized carbons (Fsp3) is 0.500. The summed E-state index contributed by atoms with van der Waals surface area (Å²) in [6.45, 7) is 3.69. The van der Waals surface area contributed by atoms with Crippen molar-refractivity contribution in [1.29, 1.82) is 0 Å². The number of furan rings is 1. The van der Waals surface area contributed by atoms with Gasteiger partial charge in [-0.15, -0.1) is 0 Å². The normalized spacial score (nSPS) is 24.7. The van der Waals surface area contributed by atoms with E-state index < -0.39 is 11.6 Å². The number of fused-ring (bicyclic) bond motifs is 3. The van der Waals surface area contributed by atoms with Crippen LogP contribution in [-0.2, 0) is 9.47 Å². The molecule has 2 aromatic carbocycles. The van der Waals surface area contributed by atoms with Crippen molar-refractivity contribution >= 4 is 21.9 Å². The minimum absolute atomic E-state index is 0.0122. The lowest BCUT2D eigenvalue weighted by Gasteiger charge is -2.29. The van der Waals surface area contributed by atoms with Gasteiger partial charge in [0.05, 0.1) is 25.9 Å². The maximum Gasteiger partial charge on any atom is 0.208 e. The van der Waals surface area contributed by atoms with Gasteiger partial charge in [-0.1, -0.05) is 19.4 Å². The van der Waals surface area contributed by atoms with Crippen molar-refractivity contribution in [2.24, 2.45) is 0 Å². The molecule has 1 aromatic heterocycles. The molecule has 0 spiro atoms. The minimum atomic E-state index is -0.597. The van der Waals surface area contributed by atoms with E-state index in [1.807, 2.05) is 6.07 Å². The fourth-order valence-electron chi connectivity index (χ4n) is 4.63.